The molecule has 2 bridgehead atoms. The van der Waals surface area contributed by atoms with Crippen LogP contribution in [0.25, 0.3) is 0 Å². The maximum absolute atomic E-state index is 11.6. The van der Waals surface area contributed by atoms with Crippen molar-refractivity contribution >= 4 is 5.78 Å². The van der Waals surface area contributed by atoms with Crippen LogP contribution in [0.2, 0.25) is 0 Å². The normalized spacial score (nSPS) is 38.9. The number of carbonyl (C=O) groups is 1. The molecular formula is C10H17NO. The number of carbonyl (C=O) groups excluding carboxylic acids is 1. The number of ketones is 1. The van der Waals surface area contributed by atoms with E-state index in [9.17, 15) is 4.79 Å². The predicted molar refractivity (Wildman–Crippen MR) is 47.9 cm³/mol. The van der Waals surface area contributed by atoms with Gasteiger partial charge in [-0.2, -0.15) is 0 Å². The van der Waals surface area contributed by atoms with Gasteiger partial charge in [-0.15, -0.1) is 0 Å². The Morgan fingerprint density at radius 1 is 1.42 bits per heavy atom. The minimum Gasteiger partial charge on any atom is -0.313 e. The molecule has 2 saturated carbocycles. The second kappa shape index (κ2) is 3.17. The molecule has 2 nitrogen and oxygen atoms in total. The molecule has 3 atom stereocenters. The molecule has 0 radical (unpaired) electrons. The second-order valence-electron chi connectivity index (χ2n) is 4.28. The van der Waals surface area contributed by atoms with Gasteiger partial charge in [-0.05, 0) is 38.1 Å². The smallest absolute Gasteiger partial charge is 0.149 e. The van der Waals surface area contributed by atoms with Crippen LogP contribution in [-0.4, -0.2) is 19.4 Å². The highest BCUT2D eigenvalue weighted by Crippen LogP contribution is 2.48. The number of fused-ring (bicyclic) bond motifs is 2. The van der Waals surface area contributed by atoms with Crippen molar-refractivity contribution in [2.75, 3.05) is 13.6 Å². The molecule has 2 aliphatic carbocycles. The van der Waals surface area contributed by atoms with E-state index in [1.165, 1.54) is 25.7 Å². The van der Waals surface area contributed by atoms with Crippen LogP contribution in [0.5, 0.6) is 0 Å². The Morgan fingerprint density at radius 2 is 2.25 bits per heavy atom. The zero-order valence-corrected chi connectivity index (χ0v) is 7.68. The molecule has 0 saturated heterocycles. The predicted octanol–water partition coefficient (Wildman–Crippen LogP) is 1.21. The van der Waals surface area contributed by atoms with Gasteiger partial charge in [0.25, 0.3) is 0 Å². The summed E-state index contributed by atoms with van der Waals surface area (Å²) in [5, 5.41) is 2.95. The zero-order chi connectivity index (χ0) is 8.55. The van der Waals surface area contributed by atoms with E-state index in [1.54, 1.807) is 0 Å². The van der Waals surface area contributed by atoms with Crippen LogP contribution >= 0.6 is 0 Å². The van der Waals surface area contributed by atoms with Gasteiger partial charge >= 0.3 is 0 Å². The van der Waals surface area contributed by atoms with E-state index in [0.717, 1.165) is 11.8 Å². The lowest BCUT2D eigenvalue weighted by atomic mass is 9.86. The van der Waals surface area contributed by atoms with Gasteiger partial charge in [0.2, 0.25) is 0 Å². The number of rotatable bonds is 3. The van der Waals surface area contributed by atoms with E-state index in [1.807, 2.05) is 7.05 Å². The highest BCUT2D eigenvalue weighted by atomic mass is 16.1. The first-order valence-corrected chi connectivity index (χ1v) is 4.98. The van der Waals surface area contributed by atoms with Crippen LogP contribution in [0.3, 0.4) is 0 Å². The molecule has 2 fully saturated rings. The van der Waals surface area contributed by atoms with Gasteiger partial charge < -0.3 is 5.32 Å². The summed E-state index contributed by atoms with van der Waals surface area (Å²) in [5.74, 6) is 2.50. The fourth-order valence-electron chi connectivity index (χ4n) is 2.94. The van der Waals surface area contributed by atoms with Crippen LogP contribution < -0.4 is 5.32 Å². The monoisotopic (exact) mass is 167 g/mol. The third-order valence-corrected chi connectivity index (χ3v) is 3.50. The first kappa shape index (κ1) is 8.24. The van der Waals surface area contributed by atoms with Gasteiger partial charge in [0.15, 0.2) is 0 Å². The molecule has 0 spiro atoms. The molecule has 12 heavy (non-hydrogen) atoms. The topological polar surface area (TPSA) is 29.1 Å². The minimum atomic E-state index is 0.413. The molecule has 1 N–H and O–H groups in total. The fraction of sp³-hybridized carbons (Fsp3) is 0.900. The molecule has 0 amide bonds. The van der Waals surface area contributed by atoms with E-state index in [2.05, 4.69) is 5.32 Å². The number of likely N-dealkylation sites (N-methyl/N-ethyl adjacent to an activating group) is 1. The Balaban J connectivity index is 1.93. The van der Waals surface area contributed by atoms with Crippen molar-refractivity contribution in [1.29, 1.82) is 0 Å². The molecule has 2 aliphatic rings. The number of Topliss-reactive ketones (excluding diaryl/α,β-unsaturated/α-hetero) is 1. The SMILES string of the molecule is CNCC(=O)C1CC2CCC1C2. The van der Waals surface area contributed by atoms with Crippen LogP contribution in [0.1, 0.15) is 25.7 Å². The maximum Gasteiger partial charge on any atom is 0.149 e. The molecule has 3 unspecified atom stereocenters. The molecule has 0 heterocycles. The van der Waals surface area contributed by atoms with Crippen molar-refractivity contribution in [2.24, 2.45) is 17.8 Å². The van der Waals surface area contributed by atoms with Gasteiger partial charge in [0.05, 0.1) is 6.54 Å². The van der Waals surface area contributed by atoms with Crippen molar-refractivity contribution < 1.29 is 4.79 Å². The van der Waals surface area contributed by atoms with E-state index in [0.29, 0.717) is 18.2 Å². The number of nitrogens with one attached hydrogen (secondary N) is 1. The quantitative estimate of drug-likeness (QED) is 0.684. The van der Waals surface area contributed by atoms with Gasteiger partial charge in [0, 0.05) is 5.92 Å². The third kappa shape index (κ3) is 1.28. The first-order valence-electron chi connectivity index (χ1n) is 4.98. The standard InChI is InChI=1S/C10H17NO/c1-11-6-10(12)9-5-7-2-3-8(9)4-7/h7-9,11H,2-6H2,1H3. The lowest BCUT2D eigenvalue weighted by Gasteiger charge is -2.19. The average Bonchev–Trinajstić information content (AvgIpc) is 2.64. The van der Waals surface area contributed by atoms with Crippen molar-refractivity contribution in [2.45, 2.75) is 25.7 Å². The number of hydrogen-bond donors (Lipinski definition) is 1. The van der Waals surface area contributed by atoms with Crippen molar-refractivity contribution in [1.82, 2.24) is 5.32 Å². The fourth-order valence-corrected chi connectivity index (χ4v) is 2.94. The molecule has 0 aromatic heterocycles. The van der Waals surface area contributed by atoms with E-state index >= 15 is 0 Å². The molecule has 68 valence electrons. The zero-order valence-electron chi connectivity index (χ0n) is 7.68. The van der Waals surface area contributed by atoms with E-state index < -0.39 is 0 Å². The molecule has 2 rings (SSSR count). The van der Waals surface area contributed by atoms with E-state index in [4.69, 9.17) is 0 Å². The lowest BCUT2D eigenvalue weighted by Crippen LogP contribution is -2.29. The van der Waals surface area contributed by atoms with Gasteiger partial charge in [-0.1, -0.05) is 6.42 Å². The van der Waals surface area contributed by atoms with Crippen LogP contribution in [0, 0.1) is 17.8 Å². The average molecular weight is 167 g/mol. The van der Waals surface area contributed by atoms with Crippen molar-refractivity contribution in [3.63, 3.8) is 0 Å². The summed E-state index contributed by atoms with van der Waals surface area (Å²) in [7, 11) is 1.85. The molecular weight excluding hydrogens is 150 g/mol. The van der Waals surface area contributed by atoms with E-state index in [-0.39, 0.29) is 0 Å². The van der Waals surface area contributed by atoms with Gasteiger partial charge in [-0.25, -0.2) is 0 Å². The van der Waals surface area contributed by atoms with Crippen molar-refractivity contribution in [3.05, 3.63) is 0 Å². The highest BCUT2D eigenvalue weighted by Gasteiger charge is 2.42. The summed E-state index contributed by atoms with van der Waals surface area (Å²) in [4.78, 5) is 11.6. The summed E-state index contributed by atoms with van der Waals surface area (Å²) in [6.45, 7) is 0.577. The van der Waals surface area contributed by atoms with Gasteiger partial charge in [-0.3, -0.25) is 4.79 Å². The van der Waals surface area contributed by atoms with Crippen LogP contribution in [-0.2, 0) is 4.79 Å². The second-order valence-corrected chi connectivity index (χ2v) is 4.28. The molecule has 0 aromatic rings. The summed E-state index contributed by atoms with van der Waals surface area (Å²) >= 11 is 0. The Labute approximate surface area is 73.7 Å². The van der Waals surface area contributed by atoms with Crippen molar-refractivity contribution in [3.8, 4) is 0 Å². The van der Waals surface area contributed by atoms with Crippen LogP contribution in [0.15, 0.2) is 0 Å². The molecule has 0 aliphatic heterocycles. The summed E-state index contributed by atoms with van der Waals surface area (Å²) < 4.78 is 0. The minimum absolute atomic E-state index is 0.413. The van der Waals surface area contributed by atoms with Gasteiger partial charge in [0.1, 0.15) is 5.78 Å². The summed E-state index contributed by atoms with van der Waals surface area (Å²) in [6, 6.07) is 0. The number of hydrogen-bond acceptors (Lipinski definition) is 2. The maximum atomic E-state index is 11.6. The Kier molecular flexibility index (Phi) is 2.18. The molecule has 2 heteroatoms. The Bertz CT molecular complexity index is 190. The largest absolute Gasteiger partial charge is 0.313 e. The molecule has 0 aromatic carbocycles. The lowest BCUT2D eigenvalue weighted by molar-refractivity contribution is -0.123. The summed E-state index contributed by atoms with van der Waals surface area (Å²) in [6.07, 6.45) is 5.21. The Hall–Kier alpha value is -0.370. The first-order chi connectivity index (χ1) is 5.81. The third-order valence-electron chi connectivity index (χ3n) is 3.50. The summed E-state index contributed by atoms with van der Waals surface area (Å²) in [5.41, 5.74) is 0. The Morgan fingerprint density at radius 3 is 2.75 bits per heavy atom. The highest BCUT2D eigenvalue weighted by molar-refractivity contribution is 5.83. The van der Waals surface area contributed by atoms with Crippen LogP contribution in [0.4, 0.5) is 0 Å².